The van der Waals surface area contributed by atoms with Crippen molar-refractivity contribution < 1.29 is 10.0 Å². The van der Waals surface area contributed by atoms with Crippen molar-refractivity contribution in [2.75, 3.05) is 13.1 Å². The molecule has 2 rings (SSSR count). The van der Waals surface area contributed by atoms with Gasteiger partial charge in [-0.2, -0.15) is 0 Å². The number of hydrogen-bond donors (Lipinski definition) is 2. The van der Waals surface area contributed by atoms with Crippen LogP contribution in [-0.4, -0.2) is 35.2 Å². The topological polar surface area (TPSA) is 43.7 Å². The Balaban J connectivity index is 2.00. The molecule has 0 aromatic heterocycles. The molecule has 1 aromatic carbocycles. The predicted molar refractivity (Wildman–Crippen MR) is 83.7 cm³/mol. The first-order valence-electron chi connectivity index (χ1n) is 7.74. The summed E-state index contributed by atoms with van der Waals surface area (Å²) in [5, 5.41) is 18.9. The third kappa shape index (κ3) is 4.08. The van der Waals surface area contributed by atoms with Gasteiger partial charge in [0.2, 0.25) is 0 Å². The first-order chi connectivity index (χ1) is 9.58. The van der Waals surface area contributed by atoms with Gasteiger partial charge in [0.1, 0.15) is 0 Å². The monoisotopic (exact) mass is 275 g/mol. The van der Waals surface area contributed by atoms with Gasteiger partial charge < -0.3 is 10.0 Å². The number of benzene rings is 1. The molecule has 1 aliphatic rings. The van der Waals surface area contributed by atoms with Gasteiger partial charge in [-0.1, -0.05) is 38.1 Å². The van der Waals surface area contributed by atoms with Crippen molar-refractivity contribution in [3.05, 3.63) is 29.8 Å². The smallest absolute Gasteiger partial charge is 0.423 e. The minimum atomic E-state index is -1.37. The van der Waals surface area contributed by atoms with E-state index in [2.05, 4.69) is 18.7 Å². The van der Waals surface area contributed by atoms with E-state index in [0.29, 0.717) is 5.46 Å². The summed E-state index contributed by atoms with van der Waals surface area (Å²) in [5.74, 6) is 1.60. The zero-order chi connectivity index (χ0) is 14.5. The van der Waals surface area contributed by atoms with E-state index in [9.17, 15) is 10.0 Å². The van der Waals surface area contributed by atoms with Crippen LogP contribution in [0.5, 0.6) is 0 Å². The van der Waals surface area contributed by atoms with E-state index >= 15 is 0 Å². The zero-order valence-electron chi connectivity index (χ0n) is 12.6. The third-order valence-electron chi connectivity index (χ3n) is 4.54. The standard InChI is InChI=1S/C16H26BNO2/c1-13(2)14-7-5-10-18(11-9-14)12-15-6-3-4-8-16(15)17(19)20/h3-4,6,8,13-14,19-20H,5,7,9-12H2,1-2H3. The summed E-state index contributed by atoms with van der Waals surface area (Å²) >= 11 is 0. The fourth-order valence-electron chi connectivity index (χ4n) is 3.18. The van der Waals surface area contributed by atoms with Crippen LogP contribution >= 0.6 is 0 Å². The van der Waals surface area contributed by atoms with Crippen molar-refractivity contribution in [3.8, 4) is 0 Å². The highest BCUT2D eigenvalue weighted by atomic mass is 16.4. The molecular formula is C16H26BNO2. The van der Waals surface area contributed by atoms with Gasteiger partial charge in [0.15, 0.2) is 0 Å². The average Bonchev–Trinajstić information content (AvgIpc) is 2.65. The molecule has 1 heterocycles. The molecule has 0 aliphatic carbocycles. The molecule has 1 unspecified atom stereocenters. The van der Waals surface area contributed by atoms with Gasteiger partial charge in [-0.15, -0.1) is 0 Å². The highest BCUT2D eigenvalue weighted by Gasteiger charge is 2.21. The molecule has 1 aliphatic heterocycles. The lowest BCUT2D eigenvalue weighted by Gasteiger charge is -2.22. The first kappa shape index (κ1) is 15.6. The van der Waals surface area contributed by atoms with Crippen LogP contribution in [0.3, 0.4) is 0 Å². The molecule has 20 heavy (non-hydrogen) atoms. The Bertz CT molecular complexity index is 423. The molecule has 1 saturated heterocycles. The van der Waals surface area contributed by atoms with Crippen LogP contribution in [0.15, 0.2) is 24.3 Å². The Hall–Kier alpha value is -0.835. The second-order valence-electron chi connectivity index (χ2n) is 6.28. The molecule has 0 bridgehead atoms. The van der Waals surface area contributed by atoms with Crippen molar-refractivity contribution in [2.45, 2.75) is 39.7 Å². The van der Waals surface area contributed by atoms with Crippen molar-refractivity contribution in [2.24, 2.45) is 11.8 Å². The van der Waals surface area contributed by atoms with Crippen molar-refractivity contribution in [1.29, 1.82) is 0 Å². The predicted octanol–water partition coefficient (Wildman–Crippen LogP) is 1.62. The van der Waals surface area contributed by atoms with Crippen molar-refractivity contribution in [3.63, 3.8) is 0 Å². The molecule has 4 heteroatoms. The number of likely N-dealkylation sites (tertiary alicyclic amines) is 1. The highest BCUT2D eigenvalue weighted by molar-refractivity contribution is 6.59. The highest BCUT2D eigenvalue weighted by Crippen LogP contribution is 2.25. The SMILES string of the molecule is CC(C)C1CCCN(Cc2ccccc2B(O)O)CC1. The van der Waals surface area contributed by atoms with Crippen LogP contribution in [0.4, 0.5) is 0 Å². The van der Waals surface area contributed by atoms with E-state index in [4.69, 9.17) is 0 Å². The Kier molecular flexibility index (Phi) is 5.64. The molecule has 1 fully saturated rings. The minimum absolute atomic E-state index is 0.636. The molecule has 3 nitrogen and oxygen atoms in total. The molecule has 2 N–H and O–H groups in total. The van der Waals surface area contributed by atoms with E-state index < -0.39 is 7.12 Å². The first-order valence-corrected chi connectivity index (χ1v) is 7.74. The van der Waals surface area contributed by atoms with E-state index in [-0.39, 0.29) is 0 Å². The summed E-state index contributed by atoms with van der Waals surface area (Å²) in [7, 11) is -1.37. The van der Waals surface area contributed by atoms with Gasteiger partial charge in [-0.05, 0) is 55.2 Å². The maximum atomic E-state index is 9.44. The van der Waals surface area contributed by atoms with Gasteiger partial charge in [-0.25, -0.2) is 0 Å². The summed E-state index contributed by atoms with van der Waals surface area (Å²) in [6.07, 6.45) is 3.81. The zero-order valence-corrected chi connectivity index (χ0v) is 12.6. The Morgan fingerprint density at radius 1 is 1.20 bits per heavy atom. The number of nitrogens with zero attached hydrogens (tertiary/aromatic N) is 1. The molecule has 0 saturated carbocycles. The van der Waals surface area contributed by atoms with Crippen LogP contribution in [0.2, 0.25) is 0 Å². The van der Waals surface area contributed by atoms with E-state index in [0.717, 1.165) is 37.0 Å². The van der Waals surface area contributed by atoms with Crippen LogP contribution in [0.1, 0.15) is 38.7 Å². The van der Waals surface area contributed by atoms with Gasteiger partial charge in [0.25, 0.3) is 0 Å². The second kappa shape index (κ2) is 7.25. The lowest BCUT2D eigenvalue weighted by molar-refractivity contribution is 0.265. The fourth-order valence-corrected chi connectivity index (χ4v) is 3.18. The molecule has 0 radical (unpaired) electrons. The van der Waals surface area contributed by atoms with Crippen LogP contribution < -0.4 is 5.46 Å². The van der Waals surface area contributed by atoms with E-state index in [1.807, 2.05) is 18.2 Å². The van der Waals surface area contributed by atoms with Crippen molar-refractivity contribution >= 4 is 12.6 Å². The van der Waals surface area contributed by atoms with Gasteiger partial charge in [0.05, 0.1) is 0 Å². The minimum Gasteiger partial charge on any atom is -0.423 e. The van der Waals surface area contributed by atoms with Crippen molar-refractivity contribution in [1.82, 2.24) is 4.90 Å². The van der Waals surface area contributed by atoms with E-state index in [1.54, 1.807) is 6.07 Å². The summed E-state index contributed by atoms with van der Waals surface area (Å²) in [4.78, 5) is 2.45. The van der Waals surface area contributed by atoms with Crippen LogP contribution in [0, 0.1) is 11.8 Å². The molecule has 110 valence electrons. The second-order valence-corrected chi connectivity index (χ2v) is 6.28. The normalized spacial score (nSPS) is 20.9. The summed E-state index contributed by atoms with van der Waals surface area (Å²) in [6, 6.07) is 7.62. The molecule has 0 amide bonds. The van der Waals surface area contributed by atoms with E-state index in [1.165, 1.54) is 19.3 Å². The molecule has 1 aromatic rings. The fraction of sp³-hybridized carbons (Fsp3) is 0.625. The molecular weight excluding hydrogens is 249 g/mol. The van der Waals surface area contributed by atoms with Crippen LogP contribution in [0.25, 0.3) is 0 Å². The Labute approximate surface area is 122 Å². The lowest BCUT2D eigenvalue weighted by atomic mass is 9.77. The molecule has 1 atom stereocenters. The Morgan fingerprint density at radius 2 is 1.95 bits per heavy atom. The lowest BCUT2D eigenvalue weighted by Crippen LogP contribution is -2.36. The molecule has 0 spiro atoms. The Morgan fingerprint density at radius 3 is 2.65 bits per heavy atom. The quantitative estimate of drug-likeness (QED) is 0.821. The van der Waals surface area contributed by atoms with Crippen LogP contribution in [-0.2, 0) is 6.54 Å². The maximum Gasteiger partial charge on any atom is 0.488 e. The summed E-state index contributed by atoms with van der Waals surface area (Å²) in [6.45, 7) is 7.67. The van der Waals surface area contributed by atoms with Gasteiger partial charge in [-0.3, -0.25) is 4.90 Å². The number of rotatable bonds is 4. The number of hydrogen-bond acceptors (Lipinski definition) is 3. The largest absolute Gasteiger partial charge is 0.488 e. The van der Waals surface area contributed by atoms with Gasteiger partial charge in [0, 0.05) is 6.54 Å². The van der Waals surface area contributed by atoms with Gasteiger partial charge >= 0.3 is 7.12 Å². The summed E-state index contributed by atoms with van der Waals surface area (Å²) < 4.78 is 0. The maximum absolute atomic E-state index is 9.44. The average molecular weight is 275 g/mol. The third-order valence-corrected chi connectivity index (χ3v) is 4.54. The summed E-state index contributed by atoms with van der Waals surface area (Å²) in [5.41, 5.74) is 1.67.